The number of nitrogens with one attached hydrogen (secondary N) is 1. The van der Waals surface area contributed by atoms with E-state index in [9.17, 15) is 0 Å². The van der Waals surface area contributed by atoms with Gasteiger partial charge in [-0.15, -0.1) is 0 Å². The largest absolute Gasteiger partial charge is 0.496 e. The molecule has 112 valence electrons. The van der Waals surface area contributed by atoms with Crippen LogP contribution in [0, 0.1) is 0 Å². The number of halogens is 3. The molecule has 21 heavy (non-hydrogen) atoms. The van der Waals surface area contributed by atoms with Crippen LogP contribution in [0.15, 0.2) is 36.4 Å². The summed E-state index contributed by atoms with van der Waals surface area (Å²) in [5.74, 6) is 6.39. The van der Waals surface area contributed by atoms with Crippen LogP contribution in [0.1, 0.15) is 17.2 Å². The van der Waals surface area contributed by atoms with Crippen molar-refractivity contribution in [1.29, 1.82) is 0 Å². The summed E-state index contributed by atoms with van der Waals surface area (Å²) in [6.45, 7) is 0. The summed E-state index contributed by atoms with van der Waals surface area (Å²) in [6, 6.07) is 10.6. The molecule has 3 nitrogen and oxygen atoms in total. The van der Waals surface area contributed by atoms with E-state index < -0.39 is 0 Å². The molecular weight excluding hydrogens is 331 g/mol. The zero-order valence-corrected chi connectivity index (χ0v) is 13.6. The Morgan fingerprint density at radius 2 is 1.81 bits per heavy atom. The minimum absolute atomic E-state index is 0.226. The van der Waals surface area contributed by atoms with Gasteiger partial charge in [0.2, 0.25) is 0 Å². The van der Waals surface area contributed by atoms with Crippen molar-refractivity contribution in [2.24, 2.45) is 5.84 Å². The number of ether oxygens (including phenoxy) is 1. The predicted octanol–water partition coefficient (Wildman–Crippen LogP) is 4.40. The van der Waals surface area contributed by atoms with Crippen molar-refractivity contribution in [3.8, 4) is 5.75 Å². The third-order valence-electron chi connectivity index (χ3n) is 3.24. The molecule has 1 atom stereocenters. The lowest BCUT2D eigenvalue weighted by Crippen LogP contribution is -2.30. The third-order valence-corrected chi connectivity index (χ3v) is 4.18. The smallest absolute Gasteiger partial charge is 0.123 e. The van der Waals surface area contributed by atoms with E-state index in [4.69, 9.17) is 45.4 Å². The lowest BCUT2D eigenvalue weighted by Gasteiger charge is -2.20. The van der Waals surface area contributed by atoms with Crippen molar-refractivity contribution < 1.29 is 4.74 Å². The highest BCUT2D eigenvalue weighted by molar-refractivity contribution is 6.36. The van der Waals surface area contributed by atoms with E-state index in [2.05, 4.69) is 5.43 Å². The summed E-state index contributed by atoms with van der Waals surface area (Å²) in [6.07, 6.45) is 0.520. The molecule has 2 rings (SSSR count). The zero-order valence-electron chi connectivity index (χ0n) is 11.4. The second-order valence-electron chi connectivity index (χ2n) is 4.51. The number of hydrazine groups is 1. The number of hydrogen-bond donors (Lipinski definition) is 2. The highest BCUT2D eigenvalue weighted by Gasteiger charge is 2.19. The van der Waals surface area contributed by atoms with Gasteiger partial charge in [-0.25, -0.2) is 0 Å². The Hall–Kier alpha value is -0.970. The molecule has 0 aliphatic rings. The molecule has 0 radical (unpaired) electrons. The second kappa shape index (κ2) is 7.34. The summed E-state index contributed by atoms with van der Waals surface area (Å²) in [7, 11) is 1.60. The minimum Gasteiger partial charge on any atom is -0.496 e. The molecule has 3 N–H and O–H groups in total. The highest BCUT2D eigenvalue weighted by atomic mass is 35.5. The molecule has 0 aromatic heterocycles. The molecule has 0 aliphatic carbocycles. The maximum absolute atomic E-state index is 6.21. The summed E-state index contributed by atoms with van der Waals surface area (Å²) in [4.78, 5) is 0. The molecule has 2 aromatic carbocycles. The van der Waals surface area contributed by atoms with Gasteiger partial charge in [-0.05, 0) is 42.3 Å². The molecule has 0 bridgehead atoms. The lowest BCUT2D eigenvalue weighted by atomic mass is 9.98. The van der Waals surface area contributed by atoms with Crippen molar-refractivity contribution in [3.05, 3.63) is 62.6 Å². The average molecular weight is 346 g/mol. The number of benzene rings is 2. The van der Waals surface area contributed by atoms with E-state index in [-0.39, 0.29) is 6.04 Å². The fourth-order valence-corrected chi connectivity index (χ4v) is 2.90. The van der Waals surface area contributed by atoms with Gasteiger partial charge < -0.3 is 4.74 Å². The highest BCUT2D eigenvalue weighted by Crippen LogP contribution is 2.33. The lowest BCUT2D eigenvalue weighted by molar-refractivity contribution is 0.399. The van der Waals surface area contributed by atoms with Crippen LogP contribution < -0.4 is 16.0 Å². The molecule has 0 amide bonds. The van der Waals surface area contributed by atoms with E-state index in [1.165, 1.54) is 0 Å². The molecule has 0 spiro atoms. The summed E-state index contributed by atoms with van der Waals surface area (Å²) >= 11 is 18.5. The zero-order chi connectivity index (χ0) is 15.4. The van der Waals surface area contributed by atoms with Crippen LogP contribution in [0.2, 0.25) is 15.1 Å². The summed E-state index contributed by atoms with van der Waals surface area (Å²) in [5, 5.41) is 1.81. The Kier molecular flexibility index (Phi) is 5.73. The van der Waals surface area contributed by atoms with Gasteiger partial charge in [0, 0.05) is 20.6 Å². The Labute approximate surface area is 138 Å². The first-order valence-corrected chi connectivity index (χ1v) is 7.42. The van der Waals surface area contributed by atoms with Crippen molar-refractivity contribution >= 4 is 34.8 Å². The predicted molar refractivity (Wildman–Crippen MR) is 88.2 cm³/mol. The quantitative estimate of drug-likeness (QED) is 0.623. The first-order valence-electron chi connectivity index (χ1n) is 6.29. The monoisotopic (exact) mass is 344 g/mol. The molecule has 0 fully saturated rings. The third kappa shape index (κ3) is 3.82. The number of hydrogen-bond acceptors (Lipinski definition) is 3. The van der Waals surface area contributed by atoms with Crippen LogP contribution in [-0.2, 0) is 6.42 Å². The molecule has 6 heteroatoms. The topological polar surface area (TPSA) is 47.3 Å². The van der Waals surface area contributed by atoms with Crippen LogP contribution in [0.5, 0.6) is 5.75 Å². The van der Waals surface area contributed by atoms with Crippen molar-refractivity contribution in [2.45, 2.75) is 12.5 Å². The van der Waals surface area contributed by atoms with Crippen LogP contribution >= 0.6 is 34.8 Å². The van der Waals surface area contributed by atoms with Crippen molar-refractivity contribution in [1.82, 2.24) is 5.43 Å². The SMILES string of the molecule is COc1ccc(Cl)cc1C(Cc1c(Cl)cccc1Cl)NN. The summed E-state index contributed by atoms with van der Waals surface area (Å²) in [5.41, 5.74) is 4.44. The van der Waals surface area contributed by atoms with Gasteiger partial charge in [-0.1, -0.05) is 40.9 Å². The number of nitrogens with two attached hydrogens (primary N) is 1. The van der Waals surface area contributed by atoms with Crippen LogP contribution in [-0.4, -0.2) is 7.11 Å². The Morgan fingerprint density at radius 3 is 2.38 bits per heavy atom. The fraction of sp³-hybridized carbons (Fsp3) is 0.200. The standard InChI is InChI=1S/C15H15Cl3N2O/c1-21-15-6-5-9(16)7-11(15)14(20-19)8-10-12(17)3-2-4-13(10)18/h2-7,14,20H,8,19H2,1H3. The van der Waals surface area contributed by atoms with E-state index in [1.54, 1.807) is 37.4 Å². The molecular formula is C15H15Cl3N2O. The molecule has 1 unspecified atom stereocenters. The van der Waals surface area contributed by atoms with Crippen molar-refractivity contribution in [2.75, 3.05) is 7.11 Å². The second-order valence-corrected chi connectivity index (χ2v) is 5.76. The normalized spacial score (nSPS) is 12.2. The van der Waals surface area contributed by atoms with Gasteiger partial charge in [0.1, 0.15) is 5.75 Å². The molecule has 2 aromatic rings. The Balaban J connectivity index is 2.39. The first-order chi connectivity index (χ1) is 10.1. The fourth-order valence-electron chi connectivity index (χ4n) is 2.17. The van der Waals surface area contributed by atoms with E-state index in [0.29, 0.717) is 27.2 Å². The summed E-state index contributed by atoms with van der Waals surface area (Å²) < 4.78 is 5.36. The van der Waals surface area contributed by atoms with Crippen LogP contribution in [0.25, 0.3) is 0 Å². The molecule has 0 aliphatic heterocycles. The number of methoxy groups -OCH3 is 1. The van der Waals surface area contributed by atoms with Gasteiger partial charge in [0.25, 0.3) is 0 Å². The molecule has 0 heterocycles. The Bertz CT molecular complexity index is 614. The van der Waals surface area contributed by atoms with Gasteiger partial charge in [-0.2, -0.15) is 0 Å². The van der Waals surface area contributed by atoms with Crippen LogP contribution in [0.3, 0.4) is 0 Å². The molecule has 0 saturated heterocycles. The van der Waals surface area contributed by atoms with E-state index in [0.717, 1.165) is 11.1 Å². The van der Waals surface area contributed by atoms with E-state index in [1.807, 2.05) is 6.07 Å². The van der Waals surface area contributed by atoms with Crippen LogP contribution in [0.4, 0.5) is 0 Å². The minimum atomic E-state index is -0.226. The maximum atomic E-state index is 6.21. The average Bonchev–Trinajstić information content (AvgIpc) is 2.47. The van der Waals surface area contributed by atoms with Gasteiger partial charge in [0.05, 0.1) is 13.2 Å². The van der Waals surface area contributed by atoms with Gasteiger partial charge in [-0.3, -0.25) is 11.3 Å². The maximum Gasteiger partial charge on any atom is 0.123 e. The Morgan fingerprint density at radius 1 is 1.14 bits per heavy atom. The van der Waals surface area contributed by atoms with Crippen molar-refractivity contribution in [3.63, 3.8) is 0 Å². The van der Waals surface area contributed by atoms with Gasteiger partial charge in [0.15, 0.2) is 0 Å². The first kappa shape index (κ1) is 16.4. The van der Waals surface area contributed by atoms with E-state index >= 15 is 0 Å². The molecule has 0 saturated carbocycles. The van der Waals surface area contributed by atoms with Gasteiger partial charge >= 0.3 is 0 Å². The number of rotatable bonds is 5.